The molecule has 2 spiro atoms. The van der Waals surface area contributed by atoms with Gasteiger partial charge in [-0.25, -0.2) is 4.79 Å². The highest BCUT2D eigenvalue weighted by atomic mass is 35.5. The summed E-state index contributed by atoms with van der Waals surface area (Å²) in [6.07, 6.45) is 1.90. The Morgan fingerprint density at radius 3 is 2.58 bits per heavy atom. The van der Waals surface area contributed by atoms with Crippen molar-refractivity contribution < 1.29 is 41.3 Å². The molecule has 0 amide bonds. The van der Waals surface area contributed by atoms with E-state index in [0.717, 1.165) is 29.7 Å². The number of carbonyl (C=O) groups excluding carboxylic acids is 1. The summed E-state index contributed by atoms with van der Waals surface area (Å²) in [7, 11) is 0. The van der Waals surface area contributed by atoms with Gasteiger partial charge in [0.1, 0.15) is 35.6 Å². The summed E-state index contributed by atoms with van der Waals surface area (Å²) in [5.74, 6) is 0.0990. The second-order valence-corrected chi connectivity index (χ2v) is 12.5. The fraction of sp³-hybridized carbons (Fsp3) is 0.679. The van der Waals surface area contributed by atoms with Gasteiger partial charge in [0.05, 0.1) is 6.10 Å². The molecule has 2 N–H and O–H groups in total. The van der Waals surface area contributed by atoms with Crippen molar-refractivity contribution in [3.05, 3.63) is 41.0 Å². The number of nitrogens with one attached hydrogen (secondary N) is 1. The summed E-state index contributed by atoms with van der Waals surface area (Å²) in [5, 5.41) is 16.4. The topological polar surface area (TPSA) is 96.1 Å². The number of cyclic esters (lactones) is 1. The van der Waals surface area contributed by atoms with Crippen molar-refractivity contribution >= 4 is 11.7 Å². The van der Waals surface area contributed by atoms with E-state index in [-0.39, 0.29) is 53.9 Å². The highest BCUT2D eigenvalue weighted by molar-refractivity contribution is 5.92. The average Bonchev–Trinajstić information content (AvgIpc) is 3.72. The predicted molar refractivity (Wildman–Crippen MR) is 126 cm³/mol. The maximum atomic E-state index is 12.9. The molecule has 194 valence electrons. The number of hydrogen-bond acceptors (Lipinski definition) is 7. The Bertz CT molecular complexity index is 1220. The summed E-state index contributed by atoms with van der Waals surface area (Å²) in [5.41, 5.74) is 0.481. The largest absolute Gasteiger partial charge is 1.00 e. The maximum absolute atomic E-state index is 12.9. The molecule has 0 radical (unpaired) electrons. The normalized spacial score (nSPS) is 50.4. The van der Waals surface area contributed by atoms with Crippen LogP contribution in [0, 0.1) is 24.2 Å². The summed E-state index contributed by atoms with van der Waals surface area (Å²) in [6.45, 7) is 9.33. The number of rotatable bonds is 4. The van der Waals surface area contributed by atoms with Gasteiger partial charge in [0.2, 0.25) is 0 Å². The van der Waals surface area contributed by atoms with Gasteiger partial charge >= 0.3 is 5.97 Å². The first kappa shape index (κ1) is 23.5. The Balaban J connectivity index is 0.00000220. The van der Waals surface area contributed by atoms with Gasteiger partial charge in [-0.3, -0.25) is 0 Å². The van der Waals surface area contributed by atoms with Crippen LogP contribution >= 0.6 is 0 Å². The average molecular weight is 515 g/mol. The first-order valence-corrected chi connectivity index (χ1v) is 13.1. The number of ether oxygens (including phenoxy) is 4. The van der Waals surface area contributed by atoms with E-state index in [1.807, 2.05) is 12.1 Å². The van der Waals surface area contributed by atoms with E-state index >= 15 is 0 Å². The van der Waals surface area contributed by atoms with E-state index in [1.54, 1.807) is 0 Å². The Kier molecular flexibility index (Phi) is 4.35. The van der Waals surface area contributed by atoms with Gasteiger partial charge in [-0.15, -0.1) is 0 Å². The van der Waals surface area contributed by atoms with E-state index in [1.165, 1.54) is 5.56 Å². The first-order valence-electron chi connectivity index (χ1n) is 13.1. The summed E-state index contributed by atoms with van der Waals surface area (Å²) < 4.78 is 25.5. The lowest BCUT2D eigenvalue weighted by Gasteiger charge is -2.56. The quantitative estimate of drug-likeness (QED) is 0.428. The van der Waals surface area contributed by atoms with Crippen molar-refractivity contribution in [1.82, 2.24) is 0 Å². The maximum Gasteiger partial charge on any atom is 0.334 e. The lowest BCUT2D eigenvalue weighted by molar-refractivity contribution is -0.159. The first-order chi connectivity index (χ1) is 16.7. The second kappa shape index (κ2) is 6.67. The number of carbonyl (C=O) groups is 1. The fourth-order valence-electron chi connectivity index (χ4n) is 9.25. The molecule has 2 saturated carbocycles. The molecule has 8 heteroatoms. The lowest BCUT2D eigenvalue weighted by atomic mass is 9.44. The third-order valence-corrected chi connectivity index (χ3v) is 11.0. The zero-order valence-electron chi connectivity index (χ0n) is 21.1. The number of epoxide rings is 3. The zero-order valence-corrected chi connectivity index (χ0v) is 21.9. The molecular weight excluding hydrogens is 482 g/mol. The van der Waals surface area contributed by atoms with Crippen LogP contribution in [0.4, 0.5) is 5.69 Å². The third-order valence-electron chi connectivity index (χ3n) is 11.0. The zero-order chi connectivity index (χ0) is 24.2. The monoisotopic (exact) mass is 514 g/mol. The molecule has 4 aliphatic heterocycles. The molecule has 5 fully saturated rings. The van der Waals surface area contributed by atoms with E-state index in [9.17, 15) is 9.90 Å². The Morgan fingerprint density at radius 1 is 1.11 bits per heavy atom. The molecule has 7 aliphatic rings. The smallest absolute Gasteiger partial charge is 0.334 e. The number of fused-ring (bicyclic) bond motifs is 4. The molecule has 3 saturated heterocycles. The van der Waals surface area contributed by atoms with Crippen molar-refractivity contribution in [3.8, 4) is 0 Å². The van der Waals surface area contributed by atoms with E-state index in [2.05, 4.69) is 45.1 Å². The van der Waals surface area contributed by atoms with Crippen molar-refractivity contribution in [1.29, 1.82) is 0 Å². The molecule has 8 rings (SSSR count). The molecule has 4 heterocycles. The van der Waals surface area contributed by atoms with E-state index in [0.29, 0.717) is 19.6 Å². The van der Waals surface area contributed by atoms with Gasteiger partial charge < -0.3 is 41.8 Å². The van der Waals surface area contributed by atoms with Gasteiger partial charge in [0.25, 0.3) is 0 Å². The summed E-state index contributed by atoms with van der Waals surface area (Å²) >= 11 is 0. The molecule has 0 aromatic heterocycles. The van der Waals surface area contributed by atoms with Crippen molar-refractivity contribution in [2.75, 3.05) is 18.5 Å². The molecule has 9 atom stereocenters. The molecule has 3 aliphatic carbocycles. The standard InChI is InChI=1S/C28H33NO6.ClH/c1-14(2)26-21(34-26)22-28(35-22)24(4)10-9-17-18(12-32-23(17)30)19(24)11-20-27(28,33-20)25(26,31)13-29-16-7-5-15(3)6-8-16;/h5-8,14,19-22,29,31H,9-13H2,1-4H3;1H/p-1/t19-,20-,21-,22-,24-,25-,26-,27+,28+;/m0./s1. The fourth-order valence-corrected chi connectivity index (χ4v) is 9.25. The van der Waals surface area contributed by atoms with Gasteiger partial charge in [0, 0.05) is 23.2 Å². The van der Waals surface area contributed by atoms with Crippen LogP contribution in [-0.2, 0) is 23.7 Å². The molecule has 0 unspecified atom stereocenters. The van der Waals surface area contributed by atoms with Crippen LogP contribution in [0.2, 0.25) is 0 Å². The minimum Gasteiger partial charge on any atom is -1.00 e. The van der Waals surface area contributed by atoms with E-state index in [4.69, 9.17) is 18.9 Å². The number of benzene rings is 1. The Morgan fingerprint density at radius 2 is 1.86 bits per heavy atom. The molecule has 1 aromatic rings. The summed E-state index contributed by atoms with van der Waals surface area (Å²) in [6, 6.07) is 8.24. The Hall–Kier alpha value is -1.64. The molecule has 0 bridgehead atoms. The van der Waals surface area contributed by atoms with Crippen molar-refractivity contribution in [2.24, 2.45) is 17.3 Å². The highest BCUT2D eigenvalue weighted by Gasteiger charge is 3.04. The van der Waals surface area contributed by atoms with Gasteiger partial charge in [-0.1, -0.05) is 38.5 Å². The number of esters is 1. The van der Waals surface area contributed by atoms with Crippen LogP contribution in [0.3, 0.4) is 0 Å². The van der Waals surface area contributed by atoms with Crippen LogP contribution in [-0.4, -0.2) is 64.9 Å². The SMILES string of the molecule is Cc1ccc(NC[C@@]2(O)[C@]34O[C@H]3C[C@H]3C5=C(CC[C@]3(C)[C@@]43O[C@H]3[C@@H]3O[C@@]32C(C)C)C(=O)OC5)cc1.[Cl-]. The van der Waals surface area contributed by atoms with Crippen LogP contribution in [0.15, 0.2) is 35.4 Å². The van der Waals surface area contributed by atoms with Crippen LogP contribution in [0.1, 0.15) is 45.6 Å². The molecule has 7 nitrogen and oxygen atoms in total. The number of aryl methyl sites for hydroxylation is 1. The highest BCUT2D eigenvalue weighted by Crippen LogP contribution is 2.85. The minimum atomic E-state index is -1.26. The number of halogens is 1. The number of aliphatic hydroxyl groups is 1. The molecule has 36 heavy (non-hydrogen) atoms. The summed E-state index contributed by atoms with van der Waals surface area (Å²) in [4.78, 5) is 12.4. The predicted octanol–water partition coefficient (Wildman–Crippen LogP) is -0.102. The number of anilines is 1. The van der Waals surface area contributed by atoms with Crippen LogP contribution in [0.25, 0.3) is 0 Å². The van der Waals surface area contributed by atoms with Gasteiger partial charge in [-0.2, -0.15) is 0 Å². The van der Waals surface area contributed by atoms with E-state index < -0.39 is 22.4 Å². The van der Waals surface area contributed by atoms with Gasteiger partial charge in [0.15, 0.2) is 5.60 Å². The van der Waals surface area contributed by atoms with Crippen LogP contribution < -0.4 is 17.7 Å². The molecular formula is C28H33ClNO6-. The Labute approximate surface area is 217 Å². The lowest BCUT2D eigenvalue weighted by Crippen LogP contribution is -3.00. The van der Waals surface area contributed by atoms with Crippen molar-refractivity contribution in [2.45, 2.75) is 87.7 Å². The third kappa shape index (κ3) is 2.20. The number of hydrogen-bond donors (Lipinski definition) is 2. The second-order valence-electron chi connectivity index (χ2n) is 12.5. The molecule has 1 aromatic carbocycles. The minimum absolute atomic E-state index is 0. The van der Waals surface area contributed by atoms with Crippen LogP contribution in [0.5, 0.6) is 0 Å². The van der Waals surface area contributed by atoms with Crippen molar-refractivity contribution in [3.63, 3.8) is 0 Å². The van der Waals surface area contributed by atoms with Gasteiger partial charge in [-0.05, 0) is 55.7 Å².